The van der Waals surface area contributed by atoms with Gasteiger partial charge in [-0.2, -0.15) is 0 Å². The lowest BCUT2D eigenvalue weighted by atomic mass is 10.1. The predicted octanol–water partition coefficient (Wildman–Crippen LogP) is 1.52. The summed E-state index contributed by atoms with van der Waals surface area (Å²) in [5.41, 5.74) is 0. The van der Waals surface area contributed by atoms with Crippen LogP contribution in [0, 0.1) is 0 Å². The van der Waals surface area contributed by atoms with Crippen molar-refractivity contribution in [2.45, 2.75) is 32.0 Å². The van der Waals surface area contributed by atoms with Gasteiger partial charge in [-0.25, -0.2) is 0 Å². The Labute approximate surface area is 69.1 Å². The summed E-state index contributed by atoms with van der Waals surface area (Å²) < 4.78 is 5.33. The lowest BCUT2D eigenvalue weighted by Gasteiger charge is -2.06. The van der Waals surface area contributed by atoms with Crippen LogP contribution in [-0.4, -0.2) is 23.3 Å². The summed E-state index contributed by atoms with van der Waals surface area (Å²) in [7, 11) is 0. The van der Waals surface area contributed by atoms with Crippen LogP contribution in [0.1, 0.15) is 19.8 Å². The largest absolute Gasteiger partial charge is 0.367 e. The normalized spacial score (nSPS) is 32.6. The smallest absolute Gasteiger partial charge is 0.172 e. The molecular formula is C7H11BrO2. The van der Waals surface area contributed by atoms with Crippen molar-refractivity contribution < 1.29 is 9.53 Å². The van der Waals surface area contributed by atoms with Gasteiger partial charge in [0.25, 0.3) is 0 Å². The molecule has 0 aromatic carbocycles. The maximum atomic E-state index is 11.0. The molecule has 1 aliphatic heterocycles. The highest BCUT2D eigenvalue weighted by atomic mass is 79.9. The number of alkyl halides is 1. The molecule has 1 heterocycles. The van der Waals surface area contributed by atoms with Gasteiger partial charge in [-0.3, -0.25) is 4.79 Å². The van der Waals surface area contributed by atoms with E-state index < -0.39 is 0 Å². The highest BCUT2D eigenvalue weighted by molar-refractivity contribution is 9.09. The van der Waals surface area contributed by atoms with Gasteiger partial charge in [-0.15, -0.1) is 0 Å². The van der Waals surface area contributed by atoms with Crippen LogP contribution in [0.4, 0.5) is 0 Å². The first-order chi connectivity index (χ1) is 4.74. The van der Waals surface area contributed by atoms with E-state index in [2.05, 4.69) is 15.9 Å². The monoisotopic (exact) mass is 206 g/mol. The zero-order valence-corrected chi connectivity index (χ0v) is 7.56. The van der Waals surface area contributed by atoms with Crippen LogP contribution in [-0.2, 0) is 9.53 Å². The van der Waals surface area contributed by atoms with Crippen LogP contribution in [0.25, 0.3) is 0 Å². The molecule has 58 valence electrons. The minimum absolute atomic E-state index is 0.130. The molecule has 0 radical (unpaired) electrons. The van der Waals surface area contributed by atoms with Gasteiger partial charge in [0, 0.05) is 0 Å². The molecule has 0 unspecified atom stereocenters. The number of Topliss-reactive ketones (excluding diaryl/α,β-unsaturated/α-hetero) is 1. The topological polar surface area (TPSA) is 26.3 Å². The van der Waals surface area contributed by atoms with E-state index in [-0.39, 0.29) is 18.0 Å². The number of halogens is 1. The fraction of sp³-hybridized carbons (Fsp3) is 0.857. The molecule has 10 heavy (non-hydrogen) atoms. The third kappa shape index (κ3) is 1.80. The Balaban J connectivity index is 2.37. The van der Waals surface area contributed by atoms with Gasteiger partial charge in [0.1, 0.15) is 6.10 Å². The van der Waals surface area contributed by atoms with Crippen molar-refractivity contribution in [1.29, 1.82) is 0 Å². The quantitative estimate of drug-likeness (QED) is 0.641. The lowest BCUT2D eigenvalue weighted by Crippen LogP contribution is -2.21. The number of hydrogen-bond acceptors (Lipinski definition) is 2. The van der Waals surface area contributed by atoms with E-state index in [0.29, 0.717) is 5.33 Å². The molecule has 3 heteroatoms. The standard InChI is InChI=1S/C7H11BrO2/c1-5-2-3-7(10-5)6(9)4-8/h5,7H,2-4H2,1H3/t5-,7+/m0/s1. The predicted molar refractivity (Wildman–Crippen MR) is 42.4 cm³/mol. The van der Waals surface area contributed by atoms with E-state index >= 15 is 0 Å². The Morgan fingerprint density at radius 1 is 1.70 bits per heavy atom. The summed E-state index contributed by atoms with van der Waals surface area (Å²) in [6.07, 6.45) is 2.05. The maximum absolute atomic E-state index is 11.0. The number of carbonyl (C=O) groups is 1. The maximum Gasteiger partial charge on any atom is 0.172 e. The molecule has 2 atom stereocenters. The minimum atomic E-state index is -0.130. The van der Waals surface area contributed by atoms with Crippen LogP contribution in [0.15, 0.2) is 0 Å². The number of carbonyl (C=O) groups excluding carboxylic acids is 1. The van der Waals surface area contributed by atoms with Gasteiger partial charge in [0.05, 0.1) is 11.4 Å². The third-order valence-corrected chi connectivity index (χ3v) is 2.28. The fourth-order valence-corrected chi connectivity index (χ4v) is 1.49. The third-order valence-electron chi connectivity index (χ3n) is 1.72. The van der Waals surface area contributed by atoms with Crippen molar-refractivity contribution in [3.63, 3.8) is 0 Å². The highest BCUT2D eigenvalue weighted by Gasteiger charge is 2.26. The van der Waals surface area contributed by atoms with Gasteiger partial charge in [-0.1, -0.05) is 15.9 Å². The number of rotatable bonds is 2. The zero-order valence-electron chi connectivity index (χ0n) is 5.97. The Hall–Kier alpha value is 0.110. The molecule has 2 nitrogen and oxygen atoms in total. The van der Waals surface area contributed by atoms with E-state index in [9.17, 15) is 4.79 Å². The summed E-state index contributed by atoms with van der Waals surface area (Å²) in [6.45, 7) is 2.00. The van der Waals surface area contributed by atoms with Crippen molar-refractivity contribution >= 4 is 21.7 Å². The van der Waals surface area contributed by atoms with Crippen molar-refractivity contribution in [3.05, 3.63) is 0 Å². The molecule has 0 aliphatic carbocycles. The second kappa shape index (κ2) is 3.49. The van der Waals surface area contributed by atoms with Gasteiger partial charge in [0.2, 0.25) is 0 Å². The van der Waals surface area contributed by atoms with E-state index in [1.807, 2.05) is 6.92 Å². The van der Waals surface area contributed by atoms with Crippen LogP contribution in [0.3, 0.4) is 0 Å². The highest BCUT2D eigenvalue weighted by Crippen LogP contribution is 2.19. The Morgan fingerprint density at radius 2 is 2.40 bits per heavy atom. The second-order valence-corrected chi connectivity index (χ2v) is 3.17. The molecule has 0 aromatic rings. The first-order valence-electron chi connectivity index (χ1n) is 3.48. The van der Waals surface area contributed by atoms with E-state index in [1.54, 1.807) is 0 Å². The first-order valence-corrected chi connectivity index (χ1v) is 4.60. The van der Waals surface area contributed by atoms with Gasteiger partial charge < -0.3 is 4.74 Å². The van der Waals surface area contributed by atoms with Gasteiger partial charge in [-0.05, 0) is 19.8 Å². The summed E-state index contributed by atoms with van der Waals surface area (Å²) in [4.78, 5) is 11.0. The number of ketones is 1. The number of hydrogen-bond donors (Lipinski definition) is 0. The van der Waals surface area contributed by atoms with Crippen molar-refractivity contribution in [1.82, 2.24) is 0 Å². The molecule has 0 spiro atoms. The Morgan fingerprint density at radius 3 is 2.80 bits per heavy atom. The van der Waals surface area contributed by atoms with Crippen molar-refractivity contribution in [3.8, 4) is 0 Å². The fourth-order valence-electron chi connectivity index (χ4n) is 1.13. The van der Waals surface area contributed by atoms with E-state index in [1.165, 1.54) is 0 Å². The van der Waals surface area contributed by atoms with Crippen LogP contribution in [0.5, 0.6) is 0 Å². The molecule has 0 bridgehead atoms. The molecule has 1 aliphatic rings. The summed E-state index contributed by atoms with van der Waals surface area (Å²) in [6, 6.07) is 0. The summed E-state index contributed by atoms with van der Waals surface area (Å²) >= 11 is 3.12. The summed E-state index contributed by atoms with van der Waals surface area (Å²) in [5.74, 6) is 0.171. The lowest BCUT2D eigenvalue weighted by molar-refractivity contribution is -0.126. The van der Waals surface area contributed by atoms with Crippen LogP contribution >= 0.6 is 15.9 Å². The van der Waals surface area contributed by atoms with Crippen molar-refractivity contribution in [2.24, 2.45) is 0 Å². The molecule has 1 saturated heterocycles. The zero-order chi connectivity index (χ0) is 7.56. The molecule has 1 fully saturated rings. The van der Waals surface area contributed by atoms with Crippen molar-refractivity contribution in [2.75, 3.05) is 5.33 Å². The SMILES string of the molecule is C[C@H]1CC[C@H](C(=O)CBr)O1. The molecule has 1 rings (SSSR count). The van der Waals surface area contributed by atoms with Gasteiger partial charge >= 0.3 is 0 Å². The first kappa shape index (κ1) is 8.21. The average Bonchev–Trinajstić information content (AvgIpc) is 2.34. The molecule has 0 amide bonds. The number of ether oxygens (including phenoxy) is 1. The molecular weight excluding hydrogens is 196 g/mol. The second-order valence-electron chi connectivity index (χ2n) is 2.61. The van der Waals surface area contributed by atoms with Crippen LogP contribution < -0.4 is 0 Å². The molecule has 0 aromatic heterocycles. The molecule has 0 N–H and O–H groups in total. The summed E-state index contributed by atoms with van der Waals surface area (Å²) in [5, 5.41) is 0.421. The van der Waals surface area contributed by atoms with Gasteiger partial charge in [0.15, 0.2) is 5.78 Å². The average molecular weight is 207 g/mol. The Kier molecular flexibility index (Phi) is 2.86. The molecule has 0 saturated carbocycles. The van der Waals surface area contributed by atoms with E-state index in [0.717, 1.165) is 12.8 Å². The van der Waals surface area contributed by atoms with E-state index in [4.69, 9.17) is 4.74 Å². The van der Waals surface area contributed by atoms with Crippen LogP contribution in [0.2, 0.25) is 0 Å². The minimum Gasteiger partial charge on any atom is -0.367 e. The Bertz CT molecular complexity index is 136.